The van der Waals surface area contributed by atoms with Crippen molar-refractivity contribution in [2.24, 2.45) is 0 Å². The molecule has 3 heterocycles. The number of carbonyl (C=O) groups excluding carboxylic acids is 2. The maximum Gasteiger partial charge on any atom is 0.255 e. The first-order chi connectivity index (χ1) is 16.3. The molecule has 4 rings (SSSR count). The number of aliphatic hydroxyl groups excluding tert-OH is 2. The monoisotopic (exact) mass is 468 g/mol. The molecule has 0 saturated carbocycles. The second-order valence-corrected chi connectivity index (χ2v) is 8.81. The molecule has 0 radical (unpaired) electrons. The number of amides is 2. The summed E-state index contributed by atoms with van der Waals surface area (Å²) < 4.78 is 15.9. The van der Waals surface area contributed by atoms with E-state index in [4.69, 9.17) is 10.2 Å². The number of hydrogen-bond donors (Lipinski definition) is 2. The van der Waals surface area contributed by atoms with Gasteiger partial charge in [-0.2, -0.15) is 0 Å². The largest absolute Gasteiger partial charge is 0.395 e. The lowest BCUT2D eigenvalue weighted by molar-refractivity contribution is 0.0503. The van der Waals surface area contributed by atoms with Crippen LogP contribution in [0, 0.1) is 0 Å². The average molecular weight is 469 g/mol. The van der Waals surface area contributed by atoms with Gasteiger partial charge in [-0.1, -0.05) is 0 Å². The lowest BCUT2D eigenvalue weighted by Crippen LogP contribution is -2.43. The molecule has 1 saturated heterocycles. The molecule has 8 nitrogen and oxygen atoms in total. The number of halogens is 1. The number of rotatable bonds is 7. The van der Waals surface area contributed by atoms with Crippen molar-refractivity contribution in [1.29, 1.82) is 0 Å². The molecule has 1 fully saturated rings. The van der Waals surface area contributed by atoms with Crippen molar-refractivity contribution in [1.82, 2.24) is 19.4 Å². The van der Waals surface area contributed by atoms with E-state index in [2.05, 4.69) is 4.98 Å². The minimum absolute atomic E-state index is 0.143. The number of benzene rings is 1. The molecular formula is C25H29FN4O4. The fourth-order valence-corrected chi connectivity index (χ4v) is 4.21. The van der Waals surface area contributed by atoms with E-state index >= 15 is 0 Å². The van der Waals surface area contributed by atoms with Crippen LogP contribution in [0.4, 0.5) is 4.39 Å². The van der Waals surface area contributed by atoms with E-state index in [0.29, 0.717) is 42.7 Å². The van der Waals surface area contributed by atoms with Gasteiger partial charge in [0.1, 0.15) is 11.3 Å². The summed E-state index contributed by atoms with van der Waals surface area (Å²) in [5, 5.41) is 19.1. The van der Waals surface area contributed by atoms with Crippen LogP contribution in [0.5, 0.6) is 0 Å². The van der Waals surface area contributed by atoms with E-state index in [1.54, 1.807) is 48.4 Å². The molecule has 180 valence electrons. The number of nitrogens with zero attached hydrogens (tertiary/aromatic N) is 4. The van der Waals surface area contributed by atoms with E-state index in [9.17, 15) is 14.0 Å². The number of piperidine rings is 1. The highest BCUT2D eigenvalue weighted by Crippen LogP contribution is 2.27. The molecule has 0 aliphatic carbocycles. The van der Waals surface area contributed by atoms with Crippen LogP contribution in [-0.4, -0.2) is 86.4 Å². The van der Waals surface area contributed by atoms with Crippen LogP contribution in [-0.2, 0) is 0 Å². The fourth-order valence-electron chi connectivity index (χ4n) is 4.21. The Kier molecular flexibility index (Phi) is 6.95. The molecule has 0 atom stereocenters. The highest BCUT2D eigenvalue weighted by atomic mass is 19.1. The number of likely N-dealkylation sites (tertiary alicyclic amines) is 1. The van der Waals surface area contributed by atoms with Gasteiger partial charge in [-0.3, -0.25) is 9.59 Å². The van der Waals surface area contributed by atoms with Gasteiger partial charge in [-0.15, -0.1) is 0 Å². The van der Waals surface area contributed by atoms with Gasteiger partial charge < -0.3 is 24.6 Å². The second-order valence-electron chi connectivity index (χ2n) is 8.81. The highest BCUT2D eigenvalue weighted by molar-refractivity contribution is 5.97. The molecule has 3 aromatic rings. The molecule has 2 amide bonds. The summed E-state index contributed by atoms with van der Waals surface area (Å²) >= 11 is 0. The van der Waals surface area contributed by atoms with Gasteiger partial charge in [0.05, 0.1) is 18.8 Å². The number of hydrogen-bond acceptors (Lipinski definition) is 5. The summed E-state index contributed by atoms with van der Waals surface area (Å²) in [6.07, 6.45) is 4.06. The minimum atomic E-state index is -1.22. The summed E-state index contributed by atoms with van der Waals surface area (Å²) in [5.41, 5.74) is 1.18. The third kappa shape index (κ3) is 4.95. The van der Waals surface area contributed by atoms with Gasteiger partial charge in [-0.25, -0.2) is 9.37 Å². The van der Waals surface area contributed by atoms with Gasteiger partial charge in [0.25, 0.3) is 11.8 Å². The first-order valence-corrected chi connectivity index (χ1v) is 11.4. The highest BCUT2D eigenvalue weighted by Gasteiger charge is 2.32. The van der Waals surface area contributed by atoms with Crippen molar-refractivity contribution in [3.05, 3.63) is 59.9 Å². The zero-order chi connectivity index (χ0) is 24.3. The molecule has 1 aliphatic heterocycles. The number of alkyl halides is 1. The van der Waals surface area contributed by atoms with Gasteiger partial charge in [0.15, 0.2) is 0 Å². The Morgan fingerprint density at radius 1 is 1.06 bits per heavy atom. The first kappa shape index (κ1) is 23.8. The quantitative estimate of drug-likeness (QED) is 0.555. The topological polar surface area (TPSA) is 98.9 Å². The molecule has 0 spiro atoms. The summed E-state index contributed by atoms with van der Waals surface area (Å²) in [5.74, 6) is -0.407. The standard InChI is InChI=1S/C25H29FN4O4/c1-25(26)7-10-28(11-8-25)24(34)20-16-19-6-9-30(22(19)27-17-20)21-4-2-18(3-5-21)23(33)29(12-14-31)13-15-32/h2-6,9,16-17,31-32H,7-8,10-15H2,1H3. The lowest BCUT2D eigenvalue weighted by atomic mass is 9.95. The Morgan fingerprint density at radius 2 is 1.71 bits per heavy atom. The summed E-state index contributed by atoms with van der Waals surface area (Å²) in [6, 6.07) is 10.6. The summed E-state index contributed by atoms with van der Waals surface area (Å²) in [4.78, 5) is 33.1. The number of carbonyl (C=O) groups is 2. The molecule has 1 aliphatic rings. The minimum Gasteiger partial charge on any atom is -0.395 e. The zero-order valence-electron chi connectivity index (χ0n) is 19.2. The lowest BCUT2D eigenvalue weighted by Gasteiger charge is -2.34. The molecule has 2 N–H and O–H groups in total. The maximum atomic E-state index is 14.1. The van der Waals surface area contributed by atoms with Gasteiger partial charge in [-0.05, 0) is 56.2 Å². The molecule has 34 heavy (non-hydrogen) atoms. The van der Waals surface area contributed by atoms with Crippen LogP contribution in [0.2, 0.25) is 0 Å². The van der Waals surface area contributed by atoms with E-state index in [0.717, 1.165) is 11.1 Å². The number of aromatic nitrogens is 2. The van der Waals surface area contributed by atoms with Gasteiger partial charge >= 0.3 is 0 Å². The summed E-state index contributed by atoms with van der Waals surface area (Å²) in [6.45, 7) is 2.31. The van der Waals surface area contributed by atoms with Crippen molar-refractivity contribution in [2.45, 2.75) is 25.4 Å². The average Bonchev–Trinajstić information content (AvgIpc) is 3.26. The normalized spacial score (nSPS) is 15.5. The fraction of sp³-hybridized carbons (Fsp3) is 0.400. The first-order valence-electron chi connectivity index (χ1n) is 11.4. The van der Waals surface area contributed by atoms with E-state index < -0.39 is 5.67 Å². The van der Waals surface area contributed by atoms with Crippen molar-refractivity contribution in [3.8, 4) is 5.69 Å². The van der Waals surface area contributed by atoms with E-state index in [1.165, 1.54) is 4.90 Å². The van der Waals surface area contributed by atoms with Crippen LogP contribution in [0.15, 0.2) is 48.8 Å². The molecular weight excluding hydrogens is 439 g/mol. The van der Waals surface area contributed by atoms with Crippen molar-refractivity contribution < 1.29 is 24.2 Å². The van der Waals surface area contributed by atoms with Crippen LogP contribution in [0.1, 0.15) is 40.5 Å². The second kappa shape index (κ2) is 9.90. The smallest absolute Gasteiger partial charge is 0.255 e. The maximum absolute atomic E-state index is 14.1. The van der Waals surface area contributed by atoms with Gasteiger partial charge in [0.2, 0.25) is 0 Å². The zero-order valence-corrected chi connectivity index (χ0v) is 19.2. The van der Waals surface area contributed by atoms with Crippen LogP contribution < -0.4 is 0 Å². The number of fused-ring (bicyclic) bond motifs is 1. The predicted molar refractivity (Wildman–Crippen MR) is 126 cm³/mol. The Morgan fingerprint density at radius 3 is 2.32 bits per heavy atom. The SMILES string of the molecule is CC1(F)CCN(C(=O)c2cnc3c(ccn3-c3ccc(C(=O)N(CCO)CCO)cc3)c2)CC1. The van der Waals surface area contributed by atoms with Crippen molar-refractivity contribution >= 4 is 22.8 Å². The van der Waals surface area contributed by atoms with Crippen molar-refractivity contribution in [3.63, 3.8) is 0 Å². The predicted octanol–water partition coefficient (Wildman–Crippen LogP) is 2.42. The van der Waals surface area contributed by atoms with Crippen LogP contribution in [0.25, 0.3) is 16.7 Å². The Balaban J connectivity index is 1.52. The molecule has 9 heteroatoms. The number of aliphatic hydroxyl groups is 2. The van der Waals surface area contributed by atoms with Crippen LogP contribution in [0.3, 0.4) is 0 Å². The van der Waals surface area contributed by atoms with Crippen molar-refractivity contribution in [2.75, 3.05) is 39.4 Å². The van der Waals surface area contributed by atoms with E-state index in [1.807, 2.05) is 16.8 Å². The Bertz CT molecular complexity index is 1160. The molecule has 0 unspecified atom stereocenters. The van der Waals surface area contributed by atoms with Crippen LogP contribution >= 0.6 is 0 Å². The summed E-state index contributed by atoms with van der Waals surface area (Å²) in [7, 11) is 0. The molecule has 2 aromatic heterocycles. The van der Waals surface area contributed by atoms with Gasteiger partial charge in [0, 0.05) is 55.2 Å². The van der Waals surface area contributed by atoms with E-state index in [-0.39, 0.29) is 38.1 Å². The molecule has 1 aromatic carbocycles. The molecule has 0 bridgehead atoms. The third-order valence-electron chi connectivity index (χ3n) is 6.29. The third-order valence-corrected chi connectivity index (χ3v) is 6.29. The Labute approximate surface area is 197 Å². The number of pyridine rings is 1. The Hall–Kier alpha value is -3.30.